The molecule has 0 bridgehead atoms. The van der Waals surface area contributed by atoms with Gasteiger partial charge in [0.2, 0.25) is 0 Å². The summed E-state index contributed by atoms with van der Waals surface area (Å²) in [6.45, 7) is 7.65. The molecular formula is C22H27NO5. The molecule has 1 atom stereocenters. The molecule has 1 unspecified atom stereocenters. The molecule has 1 heterocycles. The summed E-state index contributed by atoms with van der Waals surface area (Å²) < 4.78 is 22.1. The van der Waals surface area contributed by atoms with Crippen LogP contribution in [0.4, 0.5) is 0 Å². The van der Waals surface area contributed by atoms with E-state index in [9.17, 15) is 4.79 Å². The summed E-state index contributed by atoms with van der Waals surface area (Å²) in [4.78, 5) is 12.9. The van der Waals surface area contributed by atoms with E-state index < -0.39 is 0 Å². The standard InChI is InChI=1S/C22H27NO5/c1-5-26-17-9-7-16(13-19(17)25-4)22(24)23-21(14(2)3)15-6-8-18-20(12-15)28-11-10-27-18/h6-9,12-14,21H,5,10-11H2,1-4H3,(H,23,24). The van der Waals surface area contributed by atoms with Crippen LogP contribution in [0.2, 0.25) is 0 Å². The molecule has 3 rings (SSSR count). The minimum atomic E-state index is -0.171. The number of nitrogens with one attached hydrogen (secondary N) is 1. The van der Waals surface area contributed by atoms with Gasteiger partial charge in [0.05, 0.1) is 19.8 Å². The average molecular weight is 385 g/mol. The van der Waals surface area contributed by atoms with E-state index in [0.29, 0.717) is 42.6 Å². The van der Waals surface area contributed by atoms with Crippen LogP contribution in [0, 0.1) is 5.92 Å². The number of amides is 1. The Balaban J connectivity index is 1.82. The van der Waals surface area contributed by atoms with Gasteiger partial charge in [0.15, 0.2) is 23.0 Å². The van der Waals surface area contributed by atoms with Crippen LogP contribution < -0.4 is 24.3 Å². The number of methoxy groups -OCH3 is 1. The Morgan fingerprint density at radius 2 is 1.82 bits per heavy atom. The second kappa shape index (κ2) is 8.87. The first-order chi connectivity index (χ1) is 13.5. The molecule has 0 spiro atoms. The molecule has 6 heteroatoms. The highest BCUT2D eigenvalue weighted by atomic mass is 16.6. The van der Waals surface area contributed by atoms with Crippen molar-refractivity contribution in [3.8, 4) is 23.0 Å². The molecule has 0 radical (unpaired) electrons. The Hall–Kier alpha value is -2.89. The lowest BCUT2D eigenvalue weighted by atomic mass is 9.95. The van der Waals surface area contributed by atoms with E-state index >= 15 is 0 Å². The highest BCUT2D eigenvalue weighted by Crippen LogP contribution is 2.35. The molecule has 0 aliphatic carbocycles. The topological polar surface area (TPSA) is 66.0 Å². The first-order valence-corrected chi connectivity index (χ1v) is 9.54. The van der Waals surface area contributed by atoms with Crippen LogP contribution in [0.1, 0.15) is 42.7 Å². The molecule has 1 aliphatic heterocycles. The second-order valence-corrected chi connectivity index (χ2v) is 6.90. The Bertz CT molecular complexity index is 834. The molecule has 0 saturated heterocycles. The van der Waals surface area contributed by atoms with E-state index in [2.05, 4.69) is 19.2 Å². The Kier molecular flexibility index (Phi) is 6.29. The second-order valence-electron chi connectivity index (χ2n) is 6.90. The maximum atomic E-state index is 12.9. The van der Waals surface area contributed by atoms with Crippen LogP contribution in [0.3, 0.4) is 0 Å². The fourth-order valence-electron chi connectivity index (χ4n) is 3.20. The number of carbonyl (C=O) groups excluding carboxylic acids is 1. The van der Waals surface area contributed by atoms with Crippen LogP contribution in [-0.2, 0) is 0 Å². The molecule has 2 aromatic rings. The van der Waals surface area contributed by atoms with Gasteiger partial charge in [0, 0.05) is 5.56 Å². The van der Waals surface area contributed by atoms with Crippen molar-refractivity contribution in [2.24, 2.45) is 5.92 Å². The Labute approximate surface area is 165 Å². The Morgan fingerprint density at radius 1 is 1.07 bits per heavy atom. The predicted molar refractivity (Wildman–Crippen MR) is 107 cm³/mol. The number of ether oxygens (including phenoxy) is 4. The molecule has 0 fully saturated rings. The van der Waals surface area contributed by atoms with Gasteiger partial charge in [-0.05, 0) is 48.7 Å². The van der Waals surface area contributed by atoms with Crippen LogP contribution >= 0.6 is 0 Å². The lowest BCUT2D eigenvalue weighted by Crippen LogP contribution is -2.32. The number of hydrogen-bond acceptors (Lipinski definition) is 5. The third-order valence-corrected chi connectivity index (χ3v) is 4.60. The van der Waals surface area contributed by atoms with E-state index in [4.69, 9.17) is 18.9 Å². The predicted octanol–water partition coefficient (Wildman–Crippen LogP) is 3.99. The monoisotopic (exact) mass is 385 g/mol. The van der Waals surface area contributed by atoms with Gasteiger partial charge in [-0.2, -0.15) is 0 Å². The van der Waals surface area contributed by atoms with Crippen LogP contribution in [0.5, 0.6) is 23.0 Å². The molecule has 6 nitrogen and oxygen atoms in total. The minimum absolute atomic E-state index is 0.166. The maximum Gasteiger partial charge on any atom is 0.251 e. The average Bonchev–Trinajstić information content (AvgIpc) is 2.71. The van der Waals surface area contributed by atoms with Gasteiger partial charge in [0.25, 0.3) is 5.91 Å². The van der Waals surface area contributed by atoms with Gasteiger partial charge in [-0.25, -0.2) is 0 Å². The van der Waals surface area contributed by atoms with E-state index in [-0.39, 0.29) is 17.9 Å². The zero-order chi connectivity index (χ0) is 20.1. The smallest absolute Gasteiger partial charge is 0.251 e. The van der Waals surface area contributed by atoms with Crippen molar-refractivity contribution in [3.63, 3.8) is 0 Å². The van der Waals surface area contributed by atoms with Crippen molar-refractivity contribution in [2.75, 3.05) is 26.9 Å². The summed E-state index contributed by atoms with van der Waals surface area (Å²) in [7, 11) is 1.56. The summed E-state index contributed by atoms with van der Waals surface area (Å²) in [5, 5.41) is 3.13. The lowest BCUT2D eigenvalue weighted by molar-refractivity contribution is 0.0925. The van der Waals surface area contributed by atoms with Crippen LogP contribution in [0.15, 0.2) is 36.4 Å². The summed E-state index contributed by atoms with van der Waals surface area (Å²) in [6, 6.07) is 10.8. The summed E-state index contributed by atoms with van der Waals surface area (Å²) >= 11 is 0. The van der Waals surface area contributed by atoms with Crippen molar-refractivity contribution in [1.29, 1.82) is 0 Å². The Morgan fingerprint density at radius 3 is 2.50 bits per heavy atom. The van der Waals surface area contributed by atoms with Crippen molar-refractivity contribution in [3.05, 3.63) is 47.5 Å². The zero-order valence-corrected chi connectivity index (χ0v) is 16.8. The SMILES string of the molecule is CCOc1ccc(C(=O)NC(c2ccc3c(c2)OCCO3)C(C)C)cc1OC. The van der Waals surface area contributed by atoms with Crippen LogP contribution in [-0.4, -0.2) is 32.8 Å². The molecule has 0 saturated carbocycles. The summed E-state index contributed by atoms with van der Waals surface area (Å²) in [5.41, 5.74) is 1.49. The van der Waals surface area contributed by atoms with Gasteiger partial charge < -0.3 is 24.3 Å². The van der Waals surface area contributed by atoms with E-state index in [1.54, 1.807) is 25.3 Å². The third kappa shape index (κ3) is 4.32. The molecule has 28 heavy (non-hydrogen) atoms. The van der Waals surface area contributed by atoms with Gasteiger partial charge in [0.1, 0.15) is 13.2 Å². The zero-order valence-electron chi connectivity index (χ0n) is 16.8. The van der Waals surface area contributed by atoms with Crippen LogP contribution in [0.25, 0.3) is 0 Å². The van der Waals surface area contributed by atoms with Gasteiger partial charge in [-0.3, -0.25) is 4.79 Å². The number of fused-ring (bicyclic) bond motifs is 1. The lowest BCUT2D eigenvalue weighted by Gasteiger charge is -2.25. The highest BCUT2D eigenvalue weighted by Gasteiger charge is 2.22. The summed E-state index contributed by atoms with van der Waals surface area (Å²) in [5.74, 6) is 2.63. The maximum absolute atomic E-state index is 12.9. The van der Waals surface area contributed by atoms with E-state index in [1.807, 2.05) is 25.1 Å². The van der Waals surface area contributed by atoms with Gasteiger partial charge in [-0.1, -0.05) is 19.9 Å². The fraction of sp³-hybridized carbons (Fsp3) is 0.409. The molecule has 1 amide bonds. The normalized spacial score (nSPS) is 13.8. The largest absolute Gasteiger partial charge is 0.493 e. The van der Waals surface area contributed by atoms with Crippen molar-refractivity contribution in [2.45, 2.75) is 26.8 Å². The van der Waals surface area contributed by atoms with Crippen molar-refractivity contribution in [1.82, 2.24) is 5.32 Å². The molecular weight excluding hydrogens is 358 g/mol. The molecule has 1 aliphatic rings. The molecule has 1 N–H and O–H groups in total. The van der Waals surface area contributed by atoms with Gasteiger partial charge in [-0.15, -0.1) is 0 Å². The van der Waals surface area contributed by atoms with E-state index in [0.717, 1.165) is 11.3 Å². The summed E-state index contributed by atoms with van der Waals surface area (Å²) in [6.07, 6.45) is 0. The molecule has 2 aromatic carbocycles. The number of carbonyl (C=O) groups is 1. The third-order valence-electron chi connectivity index (χ3n) is 4.60. The fourth-order valence-corrected chi connectivity index (χ4v) is 3.20. The number of rotatable bonds is 7. The minimum Gasteiger partial charge on any atom is -0.493 e. The highest BCUT2D eigenvalue weighted by molar-refractivity contribution is 5.95. The van der Waals surface area contributed by atoms with Crippen molar-refractivity contribution >= 4 is 5.91 Å². The van der Waals surface area contributed by atoms with Gasteiger partial charge >= 0.3 is 0 Å². The molecule has 150 valence electrons. The first kappa shape index (κ1) is 19.9. The number of hydrogen-bond donors (Lipinski definition) is 1. The first-order valence-electron chi connectivity index (χ1n) is 9.54. The molecule has 0 aromatic heterocycles. The number of benzene rings is 2. The van der Waals surface area contributed by atoms with Crippen molar-refractivity contribution < 1.29 is 23.7 Å². The quantitative estimate of drug-likeness (QED) is 0.781. The van der Waals surface area contributed by atoms with E-state index in [1.165, 1.54) is 0 Å².